The second-order valence-electron chi connectivity index (χ2n) is 6.83. The van der Waals surface area contributed by atoms with Crippen molar-refractivity contribution in [2.45, 2.75) is 6.04 Å². The number of aromatic nitrogens is 3. The molecule has 30 heavy (non-hydrogen) atoms. The molecule has 0 saturated heterocycles. The third kappa shape index (κ3) is 2.96. The van der Waals surface area contributed by atoms with Crippen molar-refractivity contribution in [2.75, 3.05) is 18.6 Å². The number of benzene rings is 1. The van der Waals surface area contributed by atoms with E-state index < -0.39 is 11.9 Å². The van der Waals surface area contributed by atoms with E-state index in [2.05, 4.69) is 15.4 Å². The first-order chi connectivity index (χ1) is 14.6. The molecule has 2 amide bonds. The van der Waals surface area contributed by atoms with Gasteiger partial charge in [-0.05, 0) is 30.3 Å². The largest absolute Gasteiger partial charge is 0.489 e. The van der Waals surface area contributed by atoms with Gasteiger partial charge in [-0.15, -0.1) is 5.10 Å². The lowest BCUT2D eigenvalue weighted by atomic mass is 10.2. The van der Waals surface area contributed by atoms with Crippen molar-refractivity contribution in [3.05, 3.63) is 66.9 Å². The maximum Gasteiger partial charge on any atom is 0.291 e. The molecule has 0 radical (unpaired) electrons. The van der Waals surface area contributed by atoms with Crippen LogP contribution in [-0.4, -0.2) is 46.1 Å². The van der Waals surface area contributed by atoms with Gasteiger partial charge in [-0.25, -0.2) is 9.50 Å². The van der Waals surface area contributed by atoms with Gasteiger partial charge in [0.15, 0.2) is 5.65 Å². The molecule has 5 rings (SSSR count). The van der Waals surface area contributed by atoms with Gasteiger partial charge in [-0.2, -0.15) is 0 Å². The number of rotatable bonds is 3. The molecule has 3 aromatic heterocycles. The van der Waals surface area contributed by atoms with Crippen LogP contribution in [0.3, 0.4) is 0 Å². The summed E-state index contributed by atoms with van der Waals surface area (Å²) in [4.78, 5) is 31.4. The number of hydrogen-bond acceptors (Lipinski definition) is 6. The number of pyridine rings is 1. The normalized spacial score (nSPS) is 16.1. The summed E-state index contributed by atoms with van der Waals surface area (Å²) >= 11 is 0. The van der Waals surface area contributed by atoms with Crippen LogP contribution >= 0.6 is 0 Å². The highest BCUT2D eigenvalue weighted by molar-refractivity contribution is 6.02. The van der Waals surface area contributed by atoms with Gasteiger partial charge in [-0.1, -0.05) is 18.2 Å². The van der Waals surface area contributed by atoms with Crippen LogP contribution in [0.15, 0.2) is 65.5 Å². The highest BCUT2D eigenvalue weighted by atomic mass is 16.5. The minimum absolute atomic E-state index is 0.0135. The van der Waals surface area contributed by atoms with Gasteiger partial charge in [0.25, 0.3) is 11.8 Å². The van der Waals surface area contributed by atoms with E-state index in [-0.39, 0.29) is 18.3 Å². The van der Waals surface area contributed by atoms with Gasteiger partial charge in [-0.3, -0.25) is 9.59 Å². The lowest BCUT2D eigenvalue weighted by Gasteiger charge is -2.19. The van der Waals surface area contributed by atoms with Gasteiger partial charge >= 0.3 is 0 Å². The molecule has 150 valence electrons. The number of likely N-dealkylation sites (N-methyl/N-ethyl adjacent to an activating group) is 1. The van der Waals surface area contributed by atoms with E-state index >= 15 is 0 Å². The number of nitrogens with one attached hydrogen (secondary N) is 1. The number of fused-ring (bicyclic) bond motifs is 2. The minimum Gasteiger partial charge on any atom is -0.489 e. The zero-order chi connectivity index (χ0) is 20.7. The van der Waals surface area contributed by atoms with Crippen LogP contribution in [0.25, 0.3) is 16.9 Å². The van der Waals surface area contributed by atoms with E-state index in [0.29, 0.717) is 17.1 Å². The second kappa shape index (κ2) is 7.03. The molecule has 1 atom stereocenters. The van der Waals surface area contributed by atoms with Crippen LogP contribution < -0.4 is 15.0 Å². The van der Waals surface area contributed by atoms with Crippen molar-refractivity contribution in [1.82, 2.24) is 19.9 Å². The molecule has 0 bridgehead atoms. The first-order valence-corrected chi connectivity index (χ1v) is 9.30. The standard InChI is InChI=1S/C21H17N5O4/c1-25-16-5-2-3-7-17(16)30-12-14(21(25)28)22-20(27)19-23-18-8-4-6-15(26(18)24-19)13-9-10-29-11-13/h2-11,14H,12H2,1H3,(H,22,27)/t14-/m0/s1. The molecule has 4 heterocycles. The van der Waals surface area contributed by atoms with E-state index in [1.165, 1.54) is 4.90 Å². The van der Waals surface area contributed by atoms with Crippen molar-refractivity contribution < 1.29 is 18.7 Å². The molecule has 0 spiro atoms. The Morgan fingerprint density at radius 3 is 2.87 bits per heavy atom. The lowest BCUT2D eigenvalue weighted by Crippen LogP contribution is -2.49. The summed E-state index contributed by atoms with van der Waals surface area (Å²) in [6.07, 6.45) is 3.15. The molecule has 1 aliphatic heterocycles. The fraction of sp³-hybridized carbons (Fsp3) is 0.143. The third-order valence-electron chi connectivity index (χ3n) is 4.95. The Balaban J connectivity index is 1.41. The van der Waals surface area contributed by atoms with Crippen molar-refractivity contribution in [3.63, 3.8) is 0 Å². The van der Waals surface area contributed by atoms with Crippen molar-refractivity contribution in [1.29, 1.82) is 0 Å². The van der Waals surface area contributed by atoms with E-state index in [1.54, 1.807) is 48.4 Å². The monoisotopic (exact) mass is 403 g/mol. The SMILES string of the molecule is CN1C(=O)[C@@H](NC(=O)c2nc3cccc(-c4ccoc4)n3n2)COc2ccccc21. The summed E-state index contributed by atoms with van der Waals surface area (Å²) in [7, 11) is 1.65. The number of carbonyl (C=O) groups is 2. The quantitative estimate of drug-likeness (QED) is 0.562. The number of para-hydroxylation sites is 2. The minimum atomic E-state index is -0.866. The molecule has 1 N–H and O–H groups in total. The van der Waals surface area contributed by atoms with Gasteiger partial charge in [0.2, 0.25) is 5.82 Å². The fourth-order valence-electron chi connectivity index (χ4n) is 3.41. The predicted molar refractivity (Wildman–Crippen MR) is 107 cm³/mol. The van der Waals surface area contributed by atoms with Crippen molar-refractivity contribution in [2.24, 2.45) is 0 Å². The van der Waals surface area contributed by atoms with Crippen LogP contribution in [0.5, 0.6) is 5.75 Å². The summed E-state index contributed by atoms with van der Waals surface area (Å²) in [5.74, 6) is -0.293. The Kier molecular flexibility index (Phi) is 4.20. The topological polar surface area (TPSA) is 102 Å². The number of anilines is 1. The maximum atomic E-state index is 12.8. The molecule has 0 aliphatic carbocycles. The molecule has 9 heteroatoms. The van der Waals surface area contributed by atoms with Crippen LogP contribution in [0.4, 0.5) is 5.69 Å². The molecule has 0 fully saturated rings. The average molecular weight is 403 g/mol. The van der Waals surface area contributed by atoms with E-state index in [9.17, 15) is 9.59 Å². The van der Waals surface area contributed by atoms with Gasteiger partial charge < -0.3 is 19.4 Å². The lowest BCUT2D eigenvalue weighted by molar-refractivity contribution is -0.120. The highest BCUT2D eigenvalue weighted by Crippen LogP contribution is 2.29. The van der Waals surface area contributed by atoms with Crippen molar-refractivity contribution >= 4 is 23.1 Å². The third-order valence-corrected chi connectivity index (χ3v) is 4.95. The highest BCUT2D eigenvalue weighted by Gasteiger charge is 2.31. The average Bonchev–Trinajstić information content (AvgIpc) is 3.43. The molecule has 1 aliphatic rings. The summed E-state index contributed by atoms with van der Waals surface area (Å²) < 4.78 is 12.4. The smallest absolute Gasteiger partial charge is 0.291 e. The Hall–Kier alpha value is -4.14. The predicted octanol–water partition coefficient (Wildman–Crippen LogP) is 2.14. The summed E-state index contributed by atoms with van der Waals surface area (Å²) in [6, 6.07) is 13.6. The molecular formula is C21H17N5O4. The van der Waals surface area contributed by atoms with E-state index in [0.717, 1.165) is 11.3 Å². The number of carbonyl (C=O) groups excluding carboxylic acids is 2. The molecule has 0 unspecified atom stereocenters. The molecule has 9 nitrogen and oxygen atoms in total. The number of nitrogens with zero attached hydrogens (tertiary/aromatic N) is 4. The van der Waals surface area contributed by atoms with Crippen LogP contribution in [0, 0.1) is 0 Å². The number of furan rings is 1. The number of hydrogen-bond donors (Lipinski definition) is 1. The van der Waals surface area contributed by atoms with Crippen molar-refractivity contribution in [3.8, 4) is 17.0 Å². The Bertz CT molecular complexity index is 1250. The Morgan fingerprint density at radius 2 is 2.03 bits per heavy atom. The fourth-order valence-corrected chi connectivity index (χ4v) is 3.41. The summed E-state index contributed by atoms with van der Waals surface area (Å²) in [5.41, 5.74) is 2.70. The molecule has 0 saturated carbocycles. The molecule has 1 aromatic carbocycles. The number of ether oxygens (including phenoxy) is 1. The van der Waals surface area contributed by atoms with E-state index in [4.69, 9.17) is 9.15 Å². The maximum absolute atomic E-state index is 12.8. The first kappa shape index (κ1) is 17.9. The van der Waals surface area contributed by atoms with Gasteiger partial charge in [0.05, 0.1) is 23.9 Å². The van der Waals surface area contributed by atoms with Gasteiger partial charge in [0.1, 0.15) is 18.4 Å². The summed E-state index contributed by atoms with van der Waals surface area (Å²) in [5, 5.41) is 7.02. The number of amides is 2. The Labute approximate surface area is 170 Å². The zero-order valence-corrected chi connectivity index (χ0v) is 16.0. The zero-order valence-electron chi connectivity index (χ0n) is 16.0. The van der Waals surface area contributed by atoms with Crippen LogP contribution in [0.2, 0.25) is 0 Å². The van der Waals surface area contributed by atoms with Crippen LogP contribution in [0.1, 0.15) is 10.6 Å². The first-order valence-electron chi connectivity index (χ1n) is 9.30. The van der Waals surface area contributed by atoms with Crippen LogP contribution in [-0.2, 0) is 4.79 Å². The molecular weight excluding hydrogens is 386 g/mol. The summed E-state index contributed by atoms with van der Waals surface area (Å²) in [6.45, 7) is 0.0135. The van der Waals surface area contributed by atoms with Gasteiger partial charge in [0, 0.05) is 12.6 Å². The van der Waals surface area contributed by atoms with E-state index in [1.807, 2.05) is 24.3 Å². The molecule has 4 aromatic rings. The Morgan fingerprint density at radius 1 is 1.17 bits per heavy atom. The second-order valence-corrected chi connectivity index (χ2v) is 6.83.